The zero-order chi connectivity index (χ0) is 13.5. The fourth-order valence-corrected chi connectivity index (χ4v) is 3.94. The minimum absolute atomic E-state index is 0. The first-order valence-corrected chi connectivity index (χ1v) is 7.84. The van der Waals surface area contributed by atoms with Crippen LogP contribution in [-0.2, 0) is 19.3 Å². The van der Waals surface area contributed by atoms with Gasteiger partial charge >= 0.3 is 0 Å². The number of halogens is 1. The van der Waals surface area contributed by atoms with Crippen molar-refractivity contribution in [1.29, 1.82) is 0 Å². The first-order chi connectivity index (χ1) is 9.88. The Bertz CT molecular complexity index is 663. The number of rotatable bonds is 2. The molecule has 0 fully saturated rings. The fraction of sp³-hybridized carbons (Fsp3) is 0.368. The Morgan fingerprint density at radius 1 is 1.10 bits per heavy atom. The normalized spacial score (nSPS) is 18.4. The Balaban J connectivity index is 0.00000132. The van der Waals surface area contributed by atoms with Gasteiger partial charge in [0.15, 0.2) is 0 Å². The van der Waals surface area contributed by atoms with E-state index in [4.69, 9.17) is 0 Å². The standard InChI is InChI=1S/C19H21N.BrH/c1-2-5-13-8-9-14-10-11-20-17-12-15-6-3-4-7-16(15)18(13)19(14)17;/h3-4,6-9,17,20H,2,5,10-12H2,1H3;1H. The van der Waals surface area contributed by atoms with Crippen molar-refractivity contribution >= 4 is 17.0 Å². The van der Waals surface area contributed by atoms with E-state index in [-0.39, 0.29) is 17.0 Å². The number of nitrogens with one attached hydrogen (secondary N) is 1. The Labute approximate surface area is 137 Å². The molecule has 1 aliphatic carbocycles. The molecule has 0 amide bonds. The van der Waals surface area contributed by atoms with Crippen LogP contribution in [0.15, 0.2) is 36.4 Å². The number of hydrogen-bond acceptors (Lipinski definition) is 1. The van der Waals surface area contributed by atoms with Crippen LogP contribution in [0.25, 0.3) is 11.1 Å². The molecule has 1 aliphatic heterocycles. The van der Waals surface area contributed by atoms with Gasteiger partial charge in [-0.3, -0.25) is 0 Å². The highest BCUT2D eigenvalue weighted by Gasteiger charge is 2.30. The third-order valence-electron chi connectivity index (χ3n) is 4.79. The Morgan fingerprint density at radius 3 is 2.81 bits per heavy atom. The highest BCUT2D eigenvalue weighted by Crippen LogP contribution is 2.43. The molecule has 0 radical (unpaired) electrons. The van der Waals surface area contributed by atoms with Crippen molar-refractivity contribution in [3.63, 3.8) is 0 Å². The Morgan fingerprint density at radius 2 is 1.95 bits per heavy atom. The van der Waals surface area contributed by atoms with Crippen LogP contribution in [0.5, 0.6) is 0 Å². The quantitative estimate of drug-likeness (QED) is 0.838. The van der Waals surface area contributed by atoms with Gasteiger partial charge in [-0.2, -0.15) is 0 Å². The highest BCUT2D eigenvalue weighted by molar-refractivity contribution is 8.93. The van der Waals surface area contributed by atoms with Gasteiger partial charge in [-0.05, 0) is 59.2 Å². The van der Waals surface area contributed by atoms with E-state index in [1.54, 1.807) is 16.7 Å². The topological polar surface area (TPSA) is 12.0 Å². The fourth-order valence-electron chi connectivity index (χ4n) is 3.94. The average Bonchev–Trinajstić information content (AvgIpc) is 2.49. The van der Waals surface area contributed by atoms with E-state index in [1.165, 1.54) is 36.0 Å². The largest absolute Gasteiger partial charge is 0.309 e. The van der Waals surface area contributed by atoms with Crippen LogP contribution in [0.3, 0.4) is 0 Å². The van der Waals surface area contributed by atoms with Gasteiger partial charge < -0.3 is 5.32 Å². The average molecular weight is 344 g/mol. The lowest BCUT2D eigenvalue weighted by molar-refractivity contribution is 0.498. The van der Waals surface area contributed by atoms with E-state index in [2.05, 4.69) is 48.6 Å². The van der Waals surface area contributed by atoms with Crippen molar-refractivity contribution in [2.75, 3.05) is 6.54 Å². The molecule has 1 heterocycles. The number of benzene rings is 2. The zero-order valence-electron chi connectivity index (χ0n) is 12.5. The SMILES string of the molecule is Br.CCCc1ccc2c3c1-c1ccccc1CC3NCC2. The van der Waals surface area contributed by atoms with Crippen LogP contribution in [0.1, 0.15) is 41.6 Å². The van der Waals surface area contributed by atoms with Crippen LogP contribution in [0, 0.1) is 0 Å². The van der Waals surface area contributed by atoms with E-state index in [1.807, 2.05) is 0 Å². The van der Waals surface area contributed by atoms with Gasteiger partial charge in [0, 0.05) is 6.04 Å². The molecule has 1 nitrogen and oxygen atoms in total. The number of fused-ring (bicyclic) bond motifs is 2. The summed E-state index contributed by atoms with van der Waals surface area (Å²) in [4.78, 5) is 0. The van der Waals surface area contributed by atoms with Crippen LogP contribution in [0.2, 0.25) is 0 Å². The third kappa shape index (κ3) is 2.35. The number of aryl methyl sites for hydroxylation is 1. The van der Waals surface area contributed by atoms with Crippen molar-refractivity contribution in [3.05, 3.63) is 58.7 Å². The van der Waals surface area contributed by atoms with Gasteiger partial charge in [-0.15, -0.1) is 17.0 Å². The molecule has 1 atom stereocenters. The molecule has 1 unspecified atom stereocenters. The summed E-state index contributed by atoms with van der Waals surface area (Å²) in [5.74, 6) is 0. The molecule has 21 heavy (non-hydrogen) atoms. The smallest absolute Gasteiger partial charge is 0.0370 e. The second-order valence-electron chi connectivity index (χ2n) is 6.04. The van der Waals surface area contributed by atoms with Crippen molar-refractivity contribution in [2.24, 2.45) is 0 Å². The summed E-state index contributed by atoms with van der Waals surface area (Å²) in [6, 6.07) is 14.3. The summed E-state index contributed by atoms with van der Waals surface area (Å²) in [5.41, 5.74) is 9.23. The predicted molar refractivity (Wildman–Crippen MR) is 94.3 cm³/mol. The zero-order valence-corrected chi connectivity index (χ0v) is 14.2. The van der Waals surface area contributed by atoms with Crippen LogP contribution >= 0.6 is 17.0 Å². The highest BCUT2D eigenvalue weighted by atomic mass is 79.9. The van der Waals surface area contributed by atoms with E-state index in [0.717, 1.165) is 13.0 Å². The molecule has 0 saturated heterocycles. The molecule has 0 aromatic heterocycles. The van der Waals surface area contributed by atoms with Gasteiger partial charge in [-0.1, -0.05) is 49.7 Å². The molecule has 0 saturated carbocycles. The Kier molecular flexibility index (Phi) is 4.19. The lowest BCUT2D eigenvalue weighted by atomic mass is 9.75. The third-order valence-corrected chi connectivity index (χ3v) is 4.79. The van der Waals surface area contributed by atoms with Gasteiger partial charge in [0.05, 0.1) is 0 Å². The molecule has 2 aliphatic rings. The second kappa shape index (κ2) is 5.94. The van der Waals surface area contributed by atoms with Gasteiger partial charge in [0.1, 0.15) is 0 Å². The summed E-state index contributed by atoms with van der Waals surface area (Å²) >= 11 is 0. The van der Waals surface area contributed by atoms with E-state index >= 15 is 0 Å². The minimum atomic E-state index is 0. The Hall–Kier alpha value is -1.12. The van der Waals surface area contributed by atoms with Gasteiger partial charge in [-0.25, -0.2) is 0 Å². The maximum Gasteiger partial charge on any atom is 0.0370 e. The summed E-state index contributed by atoms with van der Waals surface area (Å²) in [6.07, 6.45) is 4.72. The predicted octanol–water partition coefficient (Wildman–Crippen LogP) is 4.63. The molecule has 0 bridgehead atoms. The molecular weight excluding hydrogens is 322 g/mol. The molecule has 110 valence electrons. The monoisotopic (exact) mass is 343 g/mol. The summed E-state index contributed by atoms with van der Waals surface area (Å²) in [5, 5.41) is 3.73. The molecule has 4 rings (SSSR count). The van der Waals surface area contributed by atoms with Gasteiger partial charge in [0.2, 0.25) is 0 Å². The molecule has 1 N–H and O–H groups in total. The van der Waals surface area contributed by atoms with E-state index in [0.29, 0.717) is 6.04 Å². The molecule has 2 aromatic rings. The van der Waals surface area contributed by atoms with Crippen molar-refractivity contribution in [3.8, 4) is 11.1 Å². The molecule has 2 aromatic carbocycles. The van der Waals surface area contributed by atoms with Gasteiger partial charge in [0.25, 0.3) is 0 Å². The first-order valence-electron chi connectivity index (χ1n) is 7.84. The molecular formula is C19H22BrN. The number of hydrogen-bond donors (Lipinski definition) is 1. The van der Waals surface area contributed by atoms with E-state index < -0.39 is 0 Å². The summed E-state index contributed by atoms with van der Waals surface area (Å²) in [7, 11) is 0. The lowest BCUT2D eigenvalue weighted by Gasteiger charge is -2.35. The van der Waals surface area contributed by atoms with Crippen molar-refractivity contribution in [2.45, 2.75) is 38.6 Å². The molecule has 0 spiro atoms. The van der Waals surface area contributed by atoms with Crippen molar-refractivity contribution in [1.82, 2.24) is 5.32 Å². The van der Waals surface area contributed by atoms with Crippen LogP contribution < -0.4 is 5.32 Å². The first kappa shape index (κ1) is 14.8. The minimum Gasteiger partial charge on any atom is -0.309 e. The summed E-state index contributed by atoms with van der Waals surface area (Å²) in [6.45, 7) is 3.39. The molecule has 2 heteroatoms. The maximum atomic E-state index is 3.73. The van der Waals surface area contributed by atoms with Crippen molar-refractivity contribution < 1.29 is 0 Å². The van der Waals surface area contributed by atoms with Crippen LogP contribution in [0.4, 0.5) is 0 Å². The van der Waals surface area contributed by atoms with E-state index in [9.17, 15) is 0 Å². The maximum absolute atomic E-state index is 3.73. The second-order valence-corrected chi connectivity index (χ2v) is 6.04. The summed E-state index contributed by atoms with van der Waals surface area (Å²) < 4.78 is 0. The van der Waals surface area contributed by atoms with Crippen LogP contribution in [-0.4, -0.2) is 6.54 Å². The lowest BCUT2D eigenvalue weighted by Crippen LogP contribution is -2.34.